The van der Waals surface area contributed by atoms with Gasteiger partial charge in [-0.3, -0.25) is 4.79 Å². The molecule has 0 aliphatic carbocycles. The fraction of sp³-hybridized carbons (Fsp3) is 0.182. The second-order valence-corrected chi connectivity index (χ2v) is 6.44. The van der Waals surface area contributed by atoms with Gasteiger partial charge in [0, 0.05) is 23.9 Å². The summed E-state index contributed by atoms with van der Waals surface area (Å²) in [6.07, 6.45) is 0. The number of pyridine rings is 1. The molecule has 0 fully saturated rings. The molecular formula is C22H20N2O2. The third kappa shape index (κ3) is 3.18. The summed E-state index contributed by atoms with van der Waals surface area (Å²) in [6.45, 7) is 2.89. The number of carbonyl (C=O) groups is 1. The molecule has 4 nitrogen and oxygen atoms in total. The molecule has 0 radical (unpaired) electrons. The van der Waals surface area contributed by atoms with Gasteiger partial charge in [0.15, 0.2) is 0 Å². The van der Waals surface area contributed by atoms with E-state index in [2.05, 4.69) is 4.98 Å². The van der Waals surface area contributed by atoms with E-state index in [4.69, 9.17) is 4.74 Å². The van der Waals surface area contributed by atoms with E-state index in [-0.39, 0.29) is 11.9 Å². The van der Waals surface area contributed by atoms with Gasteiger partial charge in [-0.1, -0.05) is 54.6 Å². The largest absolute Gasteiger partial charge is 0.475 e. The minimum atomic E-state index is -0.168. The molecule has 0 spiro atoms. The van der Waals surface area contributed by atoms with Crippen LogP contribution in [0.15, 0.2) is 72.8 Å². The highest BCUT2D eigenvalue weighted by atomic mass is 16.5. The molecule has 1 aliphatic rings. The first-order valence-electron chi connectivity index (χ1n) is 8.72. The summed E-state index contributed by atoms with van der Waals surface area (Å²) in [6, 6.07) is 23.3. The van der Waals surface area contributed by atoms with E-state index in [1.165, 1.54) is 0 Å². The molecule has 2 heterocycles. The second-order valence-electron chi connectivity index (χ2n) is 6.44. The molecule has 0 saturated heterocycles. The molecule has 3 aromatic rings. The summed E-state index contributed by atoms with van der Waals surface area (Å²) in [5.74, 6) is 0.630. The number of aryl methyl sites for hydroxylation is 1. The van der Waals surface area contributed by atoms with Crippen molar-refractivity contribution < 1.29 is 9.53 Å². The number of hydrogen-bond donors (Lipinski definition) is 0. The van der Waals surface area contributed by atoms with E-state index >= 15 is 0 Å². The summed E-state index contributed by atoms with van der Waals surface area (Å²) >= 11 is 0. The maximum Gasteiger partial charge on any atom is 0.255 e. The molecule has 4 rings (SSSR count). The standard InChI is InChI=1S/C22H20N2O2/c1-16-8-7-13-21(23-16)26-15-20(17-9-3-2-4-10-17)24-14-18-11-5-6-12-19(18)22(24)25/h2-13,20H,14-15H2,1H3/t20-/m0/s1. The van der Waals surface area contributed by atoms with Crippen LogP contribution in [0.25, 0.3) is 0 Å². The lowest BCUT2D eigenvalue weighted by molar-refractivity contribution is 0.0632. The zero-order valence-corrected chi connectivity index (χ0v) is 14.6. The predicted octanol–water partition coefficient (Wildman–Crippen LogP) is 4.17. The predicted molar refractivity (Wildman–Crippen MR) is 100.0 cm³/mol. The Balaban J connectivity index is 1.61. The number of nitrogens with zero attached hydrogens (tertiary/aromatic N) is 2. The van der Waals surface area contributed by atoms with Crippen LogP contribution in [-0.4, -0.2) is 22.4 Å². The van der Waals surface area contributed by atoms with Crippen molar-refractivity contribution in [3.05, 3.63) is 95.2 Å². The number of hydrogen-bond acceptors (Lipinski definition) is 3. The number of rotatable bonds is 5. The average Bonchev–Trinajstić information content (AvgIpc) is 3.00. The number of aromatic nitrogens is 1. The van der Waals surface area contributed by atoms with Crippen molar-refractivity contribution in [2.75, 3.05) is 6.61 Å². The molecule has 0 saturated carbocycles. The smallest absolute Gasteiger partial charge is 0.255 e. The third-order valence-corrected chi connectivity index (χ3v) is 4.66. The van der Waals surface area contributed by atoms with Gasteiger partial charge in [-0.2, -0.15) is 0 Å². The monoisotopic (exact) mass is 344 g/mol. The van der Waals surface area contributed by atoms with Gasteiger partial charge in [0.2, 0.25) is 5.88 Å². The van der Waals surface area contributed by atoms with Crippen molar-refractivity contribution in [1.82, 2.24) is 9.88 Å². The summed E-state index contributed by atoms with van der Waals surface area (Å²) in [5, 5.41) is 0. The highest BCUT2D eigenvalue weighted by Crippen LogP contribution is 2.31. The summed E-state index contributed by atoms with van der Waals surface area (Å²) in [7, 11) is 0. The molecule has 2 aromatic carbocycles. The van der Waals surface area contributed by atoms with Gasteiger partial charge < -0.3 is 9.64 Å². The summed E-state index contributed by atoms with van der Waals surface area (Å²) < 4.78 is 5.96. The minimum Gasteiger partial charge on any atom is -0.475 e. The molecule has 130 valence electrons. The van der Waals surface area contributed by atoms with Gasteiger partial charge in [0.05, 0.1) is 6.04 Å². The van der Waals surface area contributed by atoms with Crippen molar-refractivity contribution in [2.24, 2.45) is 0 Å². The van der Waals surface area contributed by atoms with Crippen LogP contribution in [0.1, 0.15) is 33.2 Å². The van der Waals surface area contributed by atoms with E-state index in [0.29, 0.717) is 19.0 Å². The maximum atomic E-state index is 12.9. The SMILES string of the molecule is Cc1cccc(OC[C@@H](c2ccccc2)N2Cc3ccccc3C2=O)n1. The second kappa shape index (κ2) is 7.00. The number of benzene rings is 2. The van der Waals surface area contributed by atoms with Crippen LogP contribution < -0.4 is 4.74 Å². The highest BCUT2D eigenvalue weighted by Gasteiger charge is 2.33. The molecule has 0 unspecified atom stereocenters. The quantitative estimate of drug-likeness (QED) is 0.698. The van der Waals surface area contributed by atoms with Gasteiger partial charge in [-0.15, -0.1) is 0 Å². The Morgan fingerprint density at radius 2 is 1.77 bits per heavy atom. The van der Waals surface area contributed by atoms with Crippen LogP contribution in [0.3, 0.4) is 0 Å². The number of ether oxygens (including phenoxy) is 1. The Bertz CT molecular complexity index is 924. The molecule has 1 atom stereocenters. The molecule has 1 aromatic heterocycles. The summed E-state index contributed by atoms with van der Waals surface area (Å²) in [5.41, 5.74) is 3.80. The first kappa shape index (κ1) is 16.3. The maximum absolute atomic E-state index is 12.9. The number of carbonyl (C=O) groups excluding carboxylic acids is 1. The Labute approximate surface area is 153 Å². The van der Waals surface area contributed by atoms with Crippen LogP contribution in [0.2, 0.25) is 0 Å². The zero-order valence-electron chi connectivity index (χ0n) is 14.6. The number of amides is 1. The lowest BCUT2D eigenvalue weighted by atomic mass is 10.1. The molecule has 26 heavy (non-hydrogen) atoms. The van der Waals surface area contributed by atoms with E-state index in [1.807, 2.05) is 84.6 Å². The van der Waals surface area contributed by atoms with Gasteiger partial charge in [-0.25, -0.2) is 4.98 Å². The van der Waals surface area contributed by atoms with E-state index in [9.17, 15) is 4.79 Å². The lowest BCUT2D eigenvalue weighted by Gasteiger charge is -2.28. The Hall–Kier alpha value is -3.14. The van der Waals surface area contributed by atoms with E-state index < -0.39 is 0 Å². The van der Waals surface area contributed by atoms with Crippen LogP contribution in [0.5, 0.6) is 5.88 Å². The third-order valence-electron chi connectivity index (χ3n) is 4.66. The normalized spacial score (nSPS) is 14.2. The molecule has 4 heteroatoms. The zero-order chi connectivity index (χ0) is 17.9. The van der Waals surface area contributed by atoms with Crippen LogP contribution in [0, 0.1) is 6.92 Å². The van der Waals surface area contributed by atoms with E-state index in [0.717, 1.165) is 22.4 Å². The molecular weight excluding hydrogens is 324 g/mol. The molecule has 0 N–H and O–H groups in total. The molecule has 1 amide bonds. The number of fused-ring (bicyclic) bond motifs is 1. The average molecular weight is 344 g/mol. The van der Waals surface area contributed by atoms with Crippen LogP contribution in [0.4, 0.5) is 0 Å². The van der Waals surface area contributed by atoms with Gasteiger partial charge in [0.25, 0.3) is 5.91 Å². The van der Waals surface area contributed by atoms with Crippen LogP contribution >= 0.6 is 0 Å². The first-order valence-corrected chi connectivity index (χ1v) is 8.72. The van der Waals surface area contributed by atoms with Gasteiger partial charge in [0.1, 0.15) is 6.61 Å². The minimum absolute atomic E-state index is 0.0512. The van der Waals surface area contributed by atoms with Crippen molar-refractivity contribution >= 4 is 5.91 Å². The van der Waals surface area contributed by atoms with Crippen molar-refractivity contribution in [3.63, 3.8) is 0 Å². The van der Waals surface area contributed by atoms with Crippen LogP contribution in [-0.2, 0) is 6.54 Å². The Morgan fingerprint density at radius 1 is 1.00 bits per heavy atom. The topological polar surface area (TPSA) is 42.4 Å². The van der Waals surface area contributed by atoms with E-state index in [1.54, 1.807) is 0 Å². The highest BCUT2D eigenvalue weighted by molar-refractivity contribution is 5.98. The molecule has 1 aliphatic heterocycles. The molecule has 0 bridgehead atoms. The van der Waals surface area contributed by atoms with Gasteiger partial charge >= 0.3 is 0 Å². The lowest BCUT2D eigenvalue weighted by Crippen LogP contribution is -2.33. The van der Waals surface area contributed by atoms with Crippen molar-refractivity contribution in [1.29, 1.82) is 0 Å². The van der Waals surface area contributed by atoms with Gasteiger partial charge in [-0.05, 0) is 30.2 Å². The fourth-order valence-corrected chi connectivity index (χ4v) is 3.33. The van der Waals surface area contributed by atoms with Crippen molar-refractivity contribution in [3.8, 4) is 5.88 Å². The fourth-order valence-electron chi connectivity index (χ4n) is 3.33. The Morgan fingerprint density at radius 3 is 2.54 bits per heavy atom. The summed E-state index contributed by atoms with van der Waals surface area (Å²) in [4.78, 5) is 19.2. The van der Waals surface area contributed by atoms with Crippen molar-refractivity contribution in [2.45, 2.75) is 19.5 Å². The first-order chi connectivity index (χ1) is 12.7. The Kier molecular flexibility index (Phi) is 4.40.